The van der Waals surface area contributed by atoms with Crippen molar-refractivity contribution in [2.45, 2.75) is 13.8 Å². The van der Waals surface area contributed by atoms with Crippen LogP contribution in [0.3, 0.4) is 0 Å². The highest BCUT2D eigenvalue weighted by Crippen LogP contribution is 2.17. The van der Waals surface area contributed by atoms with Gasteiger partial charge in [-0.3, -0.25) is 4.79 Å². The molecule has 1 heteroatoms. The van der Waals surface area contributed by atoms with E-state index in [4.69, 9.17) is 0 Å². The molecule has 0 fully saturated rings. The molecule has 1 rings (SSSR count). The first-order valence-electron chi connectivity index (χ1n) is 3.74. The van der Waals surface area contributed by atoms with Crippen molar-refractivity contribution in [1.82, 2.24) is 0 Å². The molecule has 0 saturated carbocycles. The van der Waals surface area contributed by atoms with Gasteiger partial charge in [-0.2, -0.15) is 0 Å². The molecular weight excluding hydrogens is 136 g/mol. The van der Waals surface area contributed by atoms with E-state index in [0.29, 0.717) is 5.92 Å². The van der Waals surface area contributed by atoms with Gasteiger partial charge < -0.3 is 0 Å². The van der Waals surface area contributed by atoms with Gasteiger partial charge in [-0.05, 0) is 19.9 Å². The smallest absolute Gasteiger partial charge is 0.152 e. The van der Waals surface area contributed by atoms with E-state index in [0.717, 1.165) is 5.57 Å². The first kappa shape index (κ1) is 7.99. The second-order valence-corrected chi connectivity index (χ2v) is 2.79. The topological polar surface area (TPSA) is 17.1 Å². The second-order valence-electron chi connectivity index (χ2n) is 2.79. The normalized spacial score (nSPS) is 17.8. The van der Waals surface area contributed by atoms with Crippen LogP contribution in [0.25, 0.3) is 0 Å². The SMILES string of the molecule is CC(=O)/C=C(\C)C1C=CC=C1. The third-order valence-corrected chi connectivity index (χ3v) is 1.70. The Morgan fingerprint density at radius 2 is 1.82 bits per heavy atom. The van der Waals surface area contributed by atoms with Crippen LogP contribution in [0.1, 0.15) is 13.8 Å². The molecule has 0 aromatic heterocycles. The van der Waals surface area contributed by atoms with Gasteiger partial charge in [0.2, 0.25) is 0 Å². The van der Waals surface area contributed by atoms with Crippen molar-refractivity contribution in [3.63, 3.8) is 0 Å². The molecule has 0 unspecified atom stereocenters. The van der Waals surface area contributed by atoms with E-state index in [2.05, 4.69) is 12.2 Å². The summed E-state index contributed by atoms with van der Waals surface area (Å²) < 4.78 is 0. The van der Waals surface area contributed by atoms with Gasteiger partial charge in [0.25, 0.3) is 0 Å². The van der Waals surface area contributed by atoms with E-state index in [9.17, 15) is 4.79 Å². The summed E-state index contributed by atoms with van der Waals surface area (Å²) >= 11 is 0. The molecule has 0 heterocycles. The Morgan fingerprint density at radius 3 is 2.27 bits per heavy atom. The maximum atomic E-state index is 10.7. The monoisotopic (exact) mass is 148 g/mol. The summed E-state index contributed by atoms with van der Waals surface area (Å²) in [5.41, 5.74) is 1.11. The number of hydrogen-bond donors (Lipinski definition) is 0. The van der Waals surface area contributed by atoms with E-state index in [1.165, 1.54) is 0 Å². The fraction of sp³-hybridized carbons (Fsp3) is 0.300. The van der Waals surface area contributed by atoms with Gasteiger partial charge in [-0.15, -0.1) is 0 Å². The van der Waals surface area contributed by atoms with Gasteiger partial charge in [-0.1, -0.05) is 29.9 Å². The van der Waals surface area contributed by atoms with E-state index < -0.39 is 0 Å². The minimum Gasteiger partial charge on any atom is -0.295 e. The molecule has 0 aromatic rings. The van der Waals surface area contributed by atoms with Crippen LogP contribution in [-0.4, -0.2) is 5.78 Å². The Morgan fingerprint density at radius 1 is 1.27 bits per heavy atom. The molecular formula is C10H12O. The van der Waals surface area contributed by atoms with Crippen LogP contribution in [0.15, 0.2) is 36.0 Å². The summed E-state index contributed by atoms with van der Waals surface area (Å²) in [5.74, 6) is 0.468. The lowest BCUT2D eigenvalue weighted by Crippen LogP contribution is -1.94. The maximum absolute atomic E-state index is 10.7. The predicted octanol–water partition coefficient (Wildman–Crippen LogP) is 2.26. The minimum absolute atomic E-state index is 0.121. The van der Waals surface area contributed by atoms with Gasteiger partial charge >= 0.3 is 0 Å². The van der Waals surface area contributed by atoms with Crippen LogP contribution < -0.4 is 0 Å². The molecule has 0 bridgehead atoms. The molecule has 0 N–H and O–H groups in total. The zero-order chi connectivity index (χ0) is 8.27. The van der Waals surface area contributed by atoms with E-state index >= 15 is 0 Å². The number of hydrogen-bond acceptors (Lipinski definition) is 1. The zero-order valence-corrected chi connectivity index (χ0v) is 6.87. The third kappa shape index (κ3) is 2.19. The fourth-order valence-corrected chi connectivity index (χ4v) is 1.15. The standard InChI is InChI=1S/C10H12O/c1-8(7-9(2)11)10-5-3-4-6-10/h3-7,10H,1-2H3/b8-7+. The van der Waals surface area contributed by atoms with Crippen molar-refractivity contribution in [3.05, 3.63) is 36.0 Å². The van der Waals surface area contributed by atoms with Gasteiger partial charge in [0.1, 0.15) is 0 Å². The van der Waals surface area contributed by atoms with Crippen molar-refractivity contribution in [3.8, 4) is 0 Å². The van der Waals surface area contributed by atoms with Gasteiger partial charge in [0, 0.05) is 5.92 Å². The summed E-state index contributed by atoms with van der Waals surface area (Å²) in [6.45, 7) is 3.55. The van der Waals surface area contributed by atoms with Crippen molar-refractivity contribution < 1.29 is 4.79 Å². The number of ketones is 1. The molecule has 0 aromatic carbocycles. The first-order chi connectivity index (χ1) is 5.20. The van der Waals surface area contributed by atoms with Gasteiger partial charge in [-0.25, -0.2) is 0 Å². The highest BCUT2D eigenvalue weighted by molar-refractivity contribution is 5.88. The Labute approximate surface area is 67.1 Å². The number of carbonyl (C=O) groups excluding carboxylic acids is 1. The molecule has 11 heavy (non-hydrogen) atoms. The van der Waals surface area contributed by atoms with Crippen molar-refractivity contribution >= 4 is 5.78 Å². The molecule has 0 aliphatic heterocycles. The Hall–Kier alpha value is -1.11. The Balaban J connectivity index is 2.67. The van der Waals surface area contributed by atoms with Gasteiger partial charge in [0.15, 0.2) is 5.78 Å². The third-order valence-electron chi connectivity index (χ3n) is 1.70. The van der Waals surface area contributed by atoms with Crippen molar-refractivity contribution in [1.29, 1.82) is 0 Å². The van der Waals surface area contributed by atoms with Gasteiger partial charge in [0.05, 0.1) is 0 Å². The molecule has 0 atom stereocenters. The molecule has 1 nitrogen and oxygen atoms in total. The summed E-state index contributed by atoms with van der Waals surface area (Å²) in [6.07, 6.45) is 9.85. The molecule has 1 aliphatic carbocycles. The second kappa shape index (κ2) is 3.33. The van der Waals surface area contributed by atoms with E-state index in [1.54, 1.807) is 13.0 Å². The van der Waals surface area contributed by atoms with E-state index in [-0.39, 0.29) is 5.78 Å². The lowest BCUT2D eigenvalue weighted by Gasteiger charge is -2.03. The van der Waals surface area contributed by atoms with Crippen LogP contribution >= 0.6 is 0 Å². The first-order valence-corrected chi connectivity index (χ1v) is 3.74. The van der Waals surface area contributed by atoms with Crippen LogP contribution in [0, 0.1) is 5.92 Å². The number of rotatable bonds is 2. The van der Waals surface area contributed by atoms with Crippen LogP contribution in [0.2, 0.25) is 0 Å². The van der Waals surface area contributed by atoms with Crippen LogP contribution in [-0.2, 0) is 4.79 Å². The average molecular weight is 148 g/mol. The molecule has 0 spiro atoms. The Kier molecular flexibility index (Phi) is 2.42. The highest BCUT2D eigenvalue weighted by atomic mass is 16.1. The number of carbonyl (C=O) groups is 1. The molecule has 0 amide bonds. The van der Waals surface area contributed by atoms with Crippen molar-refractivity contribution in [2.75, 3.05) is 0 Å². The van der Waals surface area contributed by atoms with Crippen molar-refractivity contribution in [2.24, 2.45) is 5.92 Å². The average Bonchev–Trinajstić information content (AvgIpc) is 2.35. The lowest BCUT2D eigenvalue weighted by atomic mass is 10.0. The predicted molar refractivity (Wildman–Crippen MR) is 46.2 cm³/mol. The fourth-order valence-electron chi connectivity index (χ4n) is 1.15. The molecule has 1 aliphatic rings. The highest BCUT2D eigenvalue weighted by Gasteiger charge is 2.05. The molecule has 0 saturated heterocycles. The van der Waals surface area contributed by atoms with Crippen LogP contribution in [0.4, 0.5) is 0 Å². The molecule has 0 radical (unpaired) electrons. The quantitative estimate of drug-likeness (QED) is 0.549. The lowest BCUT2D eigenvalue weighted by molar-refractivity contribution is -0.112. The number of allylic oxidation sites excluding steroid dienone is 6. The summed E-state index contributed by atoms with van der Waals surface area (Å²) in [6, 6.07) is 0. The summed E-state index contributed by atoms with van der Waals surface area (Å²) in [4.78, 5) is 10.7. The molecule has 58 valence electrons. The summed E-state index contributed by atoms with van der Waals surface area (Å²) in [7, 11) is 0. The minimum atomic E-state index is 0.121. The Bertz CT molecular complexity index is 232. The largest absolute Gasteiger partial charge is 0.295 e. The maximum Gasteiger partial charge on any atom is 0.152 e. The van der Waals surface area contributed by atoms with E-state index in [1.807, 2.05) is 19.1 Å². The van der Waals surface area contributed by atoms with Crippen LogP contribution in [0.5, 0.6) is 0 Å². The summed E-state index contributed by atoms with van der Waals surface area (Å²) in [5, 5.41) is 0. The zero-order valence-electron chi connectivity index (χ0n) is 6.87.